The van der Waals surface area contributed by atoms with E-state index in [2.05, 4.69) is 11.7 Å². The predicted molar refractivity (Wildman–Crippen MR) is 139 cm³/mol. The van der Waals surface area contributed by atoms with Crippen molar-refractivity contribution < 1.29 is 24.9 Å². The molecule has 1 aromatic carbocycles. The molecule has 0 unspecified atom stereocenters. The molecule has 0 aliphatic rings. The lowest BCUT2D eigenvalue weighted by Gasteiger charge is -2.15. The average Bonchev–Trinajstić information content (AvgIpc) is 2.85. The minimum Gasteiger partial charge on any atom is -0.469 e. The molecule has 0 saturated carbocycles. The summed E-state index contributed by atoms with van der Waals surface area (Å²) in [5.74, 6) is -0.323. The second-order valence-electron chi connectivity index (χ2n) is 8.07. The summed E-state index contributed by atoms with van der Waals surface area (Å²) in [6.07, 6.45) is 18.9. The van der Waals surface area contributed by atoms with Crippen LogP contribution >= 0.6 is 0 Å². The molecule has 0 amide bonds. The first-order valence-corrected chi connectivity index (χ1v) is 12.0. The number of carbonyl (C=O) groups excluding carboxylic acids is 1. The van der Waals surface area contributed by atoms with Gasteiger partial charge >= 0.3 is 5.97 Å². The molecule has 5 nitrogen and oxygen atoms in total. The lowest BCUT2D eigenvalue weighted by Crippen LogP contribution is -2.23. The van der Waals surface area contributed by atoms with Gasteiger partial charge in [0.15, 0.2) is 0 Å². The number of rotatable bonds is 16. The molecule has 0 fully saturated rings. The fourth-order valence-corrected chi connectivity index (χ4v) is 3.29. The summed E-state index contributed by atoms with van der Waals surface area (Å²) in [4.78, 5) is 11.1. The third kappa shape index (κ3) is 13.1. The molecular weight excluding hydrogens is 428 g/mol. The van der Waals surface area contributed by atoms with Gasteiger partial charge in [-0.25, -0.2) is 0 Å². The quantitative estimate of drug-likeness (QED) is 0.174. The van der Waals surface area contributed by atoms with Crippen LogP contribution in [0.3, 0.4) is 0 Å². The Bertz CT molecular complexity index is 820. The number of allylic oxidation sites excluding steroid dienone is 8. The smallest absolute Gasteiger partial charge is 0.305 e. The fraction of sp³-hybridized carbons (Fsp3) is 0.414. The van der Waals surface area contributed by atoms with Crippen LogP contribution in [-0.4, -0.2) is 46.7 Å². The van der Waals surface area contributed by atoms with Crippen LogP contribution < -0.4 is 0 Å². The maximum Gasteiger partial charge on any atom is 0.305 e. The lowest BCUT2D eigenvalue weighted by molar-refractivity contribution is -0.140. The molecule has 3 atom stereocenters. The van der Waals surface area contributed by atoms with E-state index in [1.807, 2.05) is 66.8 Å². The standard InChI is InChI=1S/C29H40O5/c1-3-4-11-20-26(30)25(24-17-12-10-13-18-24)19-14-8-6-5-7-9-15-21-27(31)28(32)22-16-23-29(33)34-2/h5-10,12-15,17-19,21,26-28,30-32H,3-4,11,16,20,22-23H2,1-2H3/b6-5-,9-7+,14-8+,21-15+,25-19+/t26-,27+,28-/m0/s1. The molecule has 0 radical (unpaired) electrons. The molecule has 34 heavy (non-hydrogen) atoms. The number of ether oxygens (including phenoxy) is 1. The van der Waals surface area contributed by atoms with Crippen molar-refractivity contribution in [2.75, 3.05) is 7.11 Å². The van der Waals surface area contributed by atoms with E-state index in [1.54, 1.807) is 12.2 Å². The van der Waals surface area contributed by atoms with Crippen molar-refractivity contribution in [1.82, 2.24) is 0 Å². The van der Waals surface area contributed by atoms with E-state index in [0.717, 1.165) is 36.8 Å². The van der Waals surface area contributed by atoms with Crippen LogP contribution in [0, 0.1) is 0 Å². The molecule has 186 valence electrons. The molecule has 0 bridgehead atoms. The van der Waals surface area contributed by atoms with Gasteiger partial charge in [-0.15, -0.1) is 0 Å². The second kappa shape index (κ2) is 18.7. The zero-order chi connectivity index (χ0) is 25.0. The number of aliphatic hydroxyl groups excluding tert-OH is 3. The Labute approximate surface area is 204 Å². The van der Waals surface area contributed by atoms with Gasteiger partial charge in [0.1, 0.15) is 0 Å². The predicted octanol–water partition coefficient (Wildman–Crippen LogP) is 5.30. The Morgan fingerprint density at radius 3 is 2.18 bits per heavy atom. The minimum absolute atomic E-state index is 0.224. The second-order valence-corrected chi connectivity index (χ2v) is 8.07. The van der Waals surface area contributed by atoms with Gasteiger partial charge in [-0.3, -0.25) is 4.79 Å². The van der Waals surface area contributed by atoms with E-state index in [9.17, 15) is 20.1 Å². The van der Waals surface area contributed by atoms with Crippen molar-refractivity contribution in [1.29, 1.82) is 0 Å². The summed E-state index contributed by atoms with van der Waals surface area (Å²) in [5.41, 5.74) is 1.94. The summed E-state index contributed by atoms with van der Waals surface area (Å²) >= 11 is 0. The zero-order valence-corrected chi connectivity index (χ0v) is 20.4. The molecule has 0 aliphatic heterocycles. The first-order chi connectivity index (χ1) is 16.5. The summed E-state index contributed by atoms with van der Waals surface area (Å²) in [5, 5.41) is 30.5. The SMILES string of the molecule is CCCCC[C@H](O)/C(=C/C=C/C=C\C=C\C=C\[C@@H](O)[C@@H](O)CCCC(=O)OC)c1ccccc1. The van der Waals surface area contributed by atoms with Gasteiger partial charge in [0, 0.05) is 6.42 Å². The van der Waals surface area contributed by atoms with Gasteiger partial charge < -0.3 is 20.1 Å². The topological polar surface area (TPSA) is 87.0 Å². The Balaban J connectivity index is 2.54. The van der Waals surface area contributed by atoms with Gasteiger partial charge in [0.2, 0.25) is 0 Å². The fourth-order valence-electron chi connectivity index (χ4n) is 3.29. The zero-order valence-electron chi connectivity index (χ0n) is 20.4. The largest absolute Gasteiger partial charge is 0.469 e. The minimum atomic E-state index is -0.989. The summed E-state index contributed by atoms with van der Waals surface area (Å²) in [7, 11) is 1.32. The van der Waals surface area contributed by atoms with Crippen molar-refractivity contribution in [2.24, 2.45) is 0 Å². The Morgan fingerprint density at radius 1 is 0.882 bits per heavy atom. The summed E-state index contributed by atoms with van der Waals surface area (Å²) in [6, 6.07) is 9.94. The number of unbranched alkanes of at least 4 members (excludes halogenated alkanes) is 2. The summed E-state index contributed by atoms with van der Waals surface area (Å²) < 4.78 is 4.55. The number of esters is 1. The lowest BCUT2D eigenvalue weighted by atomic mass is 9.96. The van der Waals surface area contributed by atoms with E-state index < -0.39 is 18.3 Å². The molecule has 3 N–H and O–H groups in total. The van der Waals surface area contributed by atoms with Gasteiger partial charge in [0.25, 0.3) is 0 Å². The maximum absolute atomic E-state index is 11.1. The third-order valence-electron chi connectivity index (χ3n) is 5.30. The van der Waals surface area contributed by atoms with Crippen molar-refractivity contribution in [3.05, 3.63) is 90.6 Å². The maximum atomic E-state index is 11.1. The van der Waals surface area contributed by atoms with Crippen LogP contribution in [0.1, 0.15) is 57.4 Å². The molecule has 1 rings (SSSR count). The number of aliphatic hydroxyl groups is 3. The third-order valence-corrected chi connectivity index (χ3v) is 5.30. The normalized spacial score (nSPS) is 15.5. The molecule has 0 spiro atoms. The van der Waals surface area contributed by atoms with Gasteiger partial charge in [-0.2, -0.15) is 0 Å². The van der Waals surface area contributed by atoms with Crippen LogP contribution in [0.15, 0.2) is 85.0 Å². The van der Waals surface area contributed by atoms with E-state index in [-0.39, 0.29) is 12.4 Å². The van der Waals surface area contributed by atoms with Crippen LogP contribution in [-0.2, 0) is 9.53 Å². The highest BCUT2D eigenvalue weighted by atomic mass is 16.5. The molecule has 0 heterocycles. The van der Waals surface area contributed by atoms with Gasteiger partial charge in [0.05, 0.1) is 25.4 Å². The van der Waals surface area contributed by atoms with Crippen molar-refractivity contribution >= 4 is 11.5 Å². The molecular formula is C29H40O5. The van der Waals surface area contributed by atoms with Gasteiger partial charge in [-0.05, 0) is 30.4 Å². The molecule has 5 heteroatoms. The number of methoxy groups -OCH3 is 1. The number of benzene rings is 1. The van der Waals surface area contributed by atoms with E-state index in [0.29, 0.717) is 12.8 Å². The van der Waals surface area contributed by atoms with Gasteiger partial charge in [-0.1, -0.05) is 111 Å². The molecule has 1 aromatic rings. The van der Waals surface area contributed by atoms with Crippen molar-refractivity contribution in [3.63, 3.8) is 0 Å². The van der Waals surface area contributed by atoms with E-state index in [1.165, 1.54) is 13.2 Å². The molecule has 0 aliphatic carbocycles. The van der Waals surface area contributed by atoms with Crippen LogP contribution in [0.4, 0.5) is 0 Å². The Kier molecular flexibility index (Phi) is 16.1. The highest BCUT2D eigenvalue weighted by molar-refractivity contribution is 5.70. The van der Waals surface area contributed by atoms with Crippen LogP contribution in [0.2, 0.25) is 0 Å². The number of carbonyl (C=O) groups is 1. The first kappa shape index (κ1) is 29.3. The van der Waals surface area contributed by atoms with Crippen LogP contribution in [0.5, 0.6) is 0 Å². The highest BCUT2D eigenvalue weighted by Gasteiger charge is 2.13. The Hall–Kier alpha value is -2.73. The summed E-state index contributed by atoms with van der Waals surface area (Å²) in [6.45, 7) is 2.15. The van der Waals surface area contributed by atoms with Crippen molar-refractivity contribution in [2.45, 2.75) is 70.2 Å². The van der Waals surface area contributed by atoms with E-state index in [4.69, 9.17) is 0 Å². The van der Waals surface area contributed by atoms with Crippen LogP contribution in [0.25, 0.3) is 5.57 Å². The Morgan fingerprint density at radius 2 is 1.53 bits per heavy atom. The van der Waals surface area contributed by atoms with Crippen molar-refractivity contribution in [3.8, 4) is 0 Å². The number of hydrogen-bond acceptors (Lipinski definition) is 5. The molecule has 0 saturated heterocycles. The molecule has 0 aromatic heterocycles. The van der Waals surface area contributed by atoms with E-state index >= 15 is 0 Å². The monoisotopic (exact) mass is 468 g/mol. The average molecular weight is 469 g/mol. The number of hydrogen-bond donors (Lipinski definition) is 3. The first-order valence-electron chi connectivity index (χ1n) is 12.0. The highest BCUT2D eigenvalue weighted by Crippen LogP contribution is 2.22.